The Balaban J connectivity index is 1.29. The van der Waals surface area contributed by atoms with Gasteiger partial charge in [-0.1, -0.05) is 79.6 Å². The minimum atomic E-state index is -0.416. The quantitative estimate of drug-likeness (QED) is 0.283. The summed E-state index contributed by atoms with van der Waals surface area (Å²) in [6.45, 7) is 6.42. The number of rotatable bonds is 5. The van der Waals surface area contributed by atoms with Crippen molar-refractivity contribution in [1.29, 1.82) is 0 Å². The minimum absolute atomic E-state index is 0.0922. The van der Waals surface area contributed by atoms with Crippen LogP contribution >= 0.6 is 0 Å². The Morgan fingerprint density at radius 1 is 0.947 bits per heavy atom. The van der Waals surface area contributed by atoms with Crippen LogP contribution in [0.25, 0.3) is 21.5 Å². The third-order valence-corrected chi connectivity index (χ3v) is 9.94. The summed E-state index contributed by atoms with van der Waals surface area (Å²) >= 11 is 0. The van der Waals surface area contributed by atoms with Crippen LogP contribution in [0.5, 0.6) is 0 Å². The second-order valence-electron chi connectivity index (χ2n) is 12.0. The van der Waals surface area contributed by atoms with Crippen molar-refractivity contribution in [3.63, 3.8) is 0 Å². The van der Waals surface area contributed by atoms with E-state index in [9.17, 15) is 5.11 Å². The molecule has 2 aliphatic heterocycles. The molecule has 1 saturated carbocycles. The average Bonchev–Trinajstić information content (AvgIpc) is 3.66. The summed E-state index contributed by atoms with van der Waals surface area (Å²) in [5.74, 6) is 2.51. The zero-order chi connectivity index (χ0) is 25.8. The summed E-state index contributed by atoms with van der Waals surface area (Å²) in [7, 11) is 0. The summed E-state index contributed by atoms with van der Waals surface area (Å²) in [4.78, 5) is 7.34. The highest BCUT2D eigenvalue weighted by molar-refractivity contribution is 6.02. The molecule has 4 aromatic rings. The third kappa shape index (κ3) is 4.08. The molecule has 6 atom stereocenters. The molecule has 38 heavy (non-hydrogen) atoms. The zero-order valence-corrected chi connectivity index (χ0v) is 22.6. The normalized spacial score (nSPS) is 27.6. The Morgan fingerprint density at radius 2 is 1.68 bits per heavy atom. The molecule has 7 rings (SSSR count). The van der Waals surface area contributed by atoms with Gasteiger partial charge in [0.1, 0.15) is 0 Å². The molecular formula is C35H38N2O. The highest BCUT2D eigenvalue weighted by atomic mass is 16.3. The van der Waals surface area contributed by atoms with Crippen LogP contribution in [0.2, 0.25) is 0 Å². The predicted octanol–water partition coefficient (Wildman–Crippen LogP) is 7.79. The van der Waals surface area contributed by atoms with Gasteiger partial charge >= 0.3 is 0 Å². The Bertz CT molecular complexity index is 1470. The number of aliphatic hydroxyl groups excluding tert-OH is 1. The van der Waals surface area contributed by atoms with Gasteiger partial charge in [0.25, 0.3) is 0 Å². The molecule has 3 nitrogen and oxygen atoms in total. The van der Waals surface area contributed by atoms with Crippen LogP contribution in [0.15, 0.2) is 77.8 Å². The van der Waals surface area contributed by atoms with Gasteiger partial charge < -0.3 is 5.11 Å². The number of likely N-dealkylation sites (tertiary alicyclic amines) is 1. The lowest BCUT2D eigenvalue weighted by atomic mass is 9.82. The monoisotopic (exact) mass is 502 g/mol. The van der Waals surface area contributed by atoms with E-state index in [1.165, 1.54) is 51.1 Å². The average molecular weight is 503 g/mol. The second kappa shape index (κ2) is 9.63. The fourth-order valence-corrected chi connectivity index (χ4v) is 7.92. The molecule has 194 valence electrons. The summed E-state index contributed by atoms with van der Waals surface area (Å²) in [5, 5.41) is 17.5. The number of nitrogens with zero attached hydrogens (tertiary/aromatic N) is 2. The maximum atomic E-state index is 12.2. The van der Waals surface area contributed by atoms with Crippen molar-refractivity contribution in [3.05, 3.63) is 89.5 Å². The highest BCUT2D eigenvalue weighted by Gasteiger charge is 2.52. The molecule has 6 unspecified atom stereocenters. The van der Waals surface area contributed by atoms with E-state index in [1.807, 2.05) is 6.21 Å². The number of fused-ring (bicyclic) bond motifs is 4. The van der Waals surface area contributed by atoms with Crippen molar-refractivity contribution >= 4 is 33.4 Å². The van der Waals surface area contributed by atoms with E-state index in [1.54, 1.807) is 0 Å². The summed E-state index contributed by atoms with van der Waals surface area (Å²) in [6, 6.07) is 26.6. The maximum Gasteiger partial charge on any atom is 0.0768 e. The van der Waals surface area contributed by atoms with Gasteiger partial charge in [-0.25, -0.2) is 0 Å². The Morgan fingerprint density at radius 3 is 2.42 bits per heavy atom. The lowest BCUT2D eigenvalue weighted by Crippen LogP contribution is -2.46. The van der Waals surface area contributed by atoms with Crippen LogP contribution < -0.4 is 0 Å². The van der Waals surface area contributed by atoms with E-state index >= 15 is 0 Å². The van der Waals surface area contributed by atoms with Gasteiger partial charge in [0.2, 0.25) is 0 Å². The van der Waals surface area contributed by atoms with Crippen LogP contribution in [0, 0.1) is 24.7 Å². The lowest BCUT2D eigenvalue weighted by molar-refractivity contribution is 0.0234. The SMILES string of the molecule is CCC1C2CCN(Cc3c4ccccc4cc4ccccc34)C(C(O)C3CC=Nc4ccc(C)cc43)CC12. The molecule has 3 heteroatoms. The third-order valence-electron chi connectivity index (χ3n) is 9.94. The number of hydrogen-bond donors (Lipinski definition) is 1. The maximum absolute atomic E-state index is 12.2. The van der Waals surface area contributed by atoms with Crippen molar-refractivity contribution in [1.82, 2.24) is 4.90 Å². The van der Waals surface area contributed by atoms with Gasteiger partial charge in [0.15, 0.2) is 0 Å². The molecule has 0 spiro atoms. The fraction of sp³-hybridized carbons (Fsp3) is 0.400. The van der Waals surface area contributed by atoms with Crippen LogP contribution in [-0.2, 0) is 6.54 Å². The molecule has 2 heterocycles. The summed E-state index contributed by atoms with van der Waals surface area (Å²) < 4.78 is 0. The Hall–Kier alpha value is -3.01. The predicted molar refractivity (Wildman–Crippen MR) is 158 cm³/mol. The van der Waals surface area contributed by atoms with Gasteiger partial charge in [-0.3, -0.25) is 9.89 Å². The first-order valence-corrected chi connectivity index (χ1v) is 14.6. The number of benzene rings is 4. The van der Waals surface area contributed by atoms with Crippen LogP contribution in [0.1, 0.15) is 55.2 Å². The number of aryl methyl sites for hydroxylation is 1. The van der Waals surface area contributed by atoms with E-state index in [2.05, 4.69) is 96.5 Å². The molecule has 1 aliphatic carbocycles. The number of aliphatic imine (C=N–C) groups is 1. The number of aliphatic hydroxyl groups is 1. The summed E-state index contributed by atoms with van der Waals surface area (Å²) in [6.07, 6.45) is 6.04. The van der Waals surface area contributed by atoms with E-state index in [0.29, 0.717) is 0 Å². The molecule has 1 saturated heterocycles. The highest BCUT2D eigenvalue weighted by Crippen LogP contribution is 2.56. The first-order chi connectivity index (χ1) is 18.6. The summed E-state index contributed by atoms with van der Waals surface area (Å²) in [5.41, 5.74) is 4.90. The zero-order valence-electron chi connectivity index (χ0n) is 22.6. The van der Waals surface area contributed by atoms with Crippen LogP contribution in [0.4, 0.5) is 5.69 Å². The first-order valence-electron chi connectivity index (χ1n) is 14.6. The standard InChI is InChI=1S/C35H38N2O/c1-3-25-28-15-17-37(21-32-26-10-6-4-8-23(26)19-24-9-5-7-11-27(24)32)34(20-30(25)28)35(38)29-14-16-36-33-13-12-22(2)18-31(29)33/h4-13,16,18-19,25,28-30,34-35,38H,3,14-15,17,20-21H2,1-2H3. The molecule has 1 N–H and O–H groups in total. The molecule has 0 radical (unpaired) electrons. The van der Waals surface area contributed by atoms with Crippen molar-refractivity contribution in [2.75, 3.05) is 6.54 Å². The molecule has 0 amide bonds. The molecule has 2 fully saturated rings. The van der Waals surface area contributed by atoms with E-state index in [-0.39, 0.29) is 12.0 Å². The van der Waals surface area contributed by atoms with Crippen molar-refractivity contribution in [2.24, 2.45) is 22.7 Å². The van der Waals surface area contributed by atoms with E-state index in [4.69, 9.17) is 0 Å². The first kappa shape index (κ1) is 24.1. The van der Waals surface area contributed by atoms with Gasteiger partial charge in [-0.2, -0.15) is 0 Å². The fourth-order valence-electron chi connectivity index (χ4n) is 7.92. The van der Waals surface area contributed by atoms with Crippen molar-refractivity contribution in [2.45, 2.75) is 64.1 Å². The number of hydrogen-bond acceptors (Lipinski definition) is 3. The Labute approximate surface area is 226 Å². The van der Waals surface area contributed by atoms with Gasteiger partial charge in [0, 0.05) is 24.7 Å². The second-order valence-corrected chi connectivity index (χ2v) is 12.0. The molecular weight excluding hydrogens is 464 g/mol. The topological polar surface area (TPSA) is 35.8 Å². The molecule has 3 aliphatic rings. The largest absolute Gasteiger partial charge is 0.391 e. The molecule has 0 aromatic heterocycles. The smallest absolute Gasteiger partial charge is 0.0768 e. The van der Waals surface area contributed by atoms with Crippen molar-refractivity contribution in [3.8, 4) is 0 Å². The van der Waals surface area contributed by atoms with Gasteiger partial charge in [-0.05, 0) is 95.3 Å². The molecule has 0 bridgehead atoms. The van der Waals surface area contributed by atoms with Gasteiger partial charge in [-0.15, -0.1) is 0 Å². The van der Waals surface area contributed by atoms with E-state index < -0.39 is 6.10 Å². The van der Waals surface area contributed by atoms with Crippen LogP contribution in [-0.4, -0.2) is 34.9 Å². The van der Waals surface area contributed by atoms with Crippen molar-refractivity contribution < 1.29 is 5.11 Å². The lowest BCUT2D eigenvalue weighted by Gasteiger charge is -2.39. The van der Waals surface area contributed by atoms with Crippen LogP contribution in [0.3, 0.4) is 0 Å². The van der Waals surface area contributed by atoms with E-state index in [0.717, 1.165) is 49.4 Å². The Kier molecular flexibility index (Phi) is 6.10. The minimum Gasteiger partial charge on any atom is -0.391 e. The molecule has 4 aromatic carbocycles. The van der Waals surface area contributed by atoms with Gasteiger partial charge in [0.05, 0.1) is 11.8 Å².